The molecule has 39 heavy (non-hydrogen) atoms. The Morgan fingerprint density at radius 3 is 2.23 bits per heavy atom. The lowest BCUT2D eigenvalue weighted by atomic mass is 9.88. The summed E-state index contributed by atoms with van der Waals surface area (Å²) in [6.07, 6.45) is 1.52. The lowest BCUT2D eigenvalue weighted by molar-refractivity contribution is -0.166. The van der Waals surface area contributed by atoms with Crippen LogP contribution in [-0.2, 0) is 20.2 Å². The summed E-state index contributed by atoms with van der Waals surface area (Å²) in [6.45, 7) is 3.37. The van der Waals surface area contributed by atoms with Gasteiger partial charge in [-0.3, -0.25) is 14.4 Å². The first kappa shape index (κ1) is 27.1. The predicted molar refractivity (Wildman–Crippen MR) is 133 cm³/mol. The van der Waals surface area contributed by atoms with Crippen molar-refractivity contribution < 1.29 is 36.7 Å². The molecule has 2 aromatic carbocycles. The van der Waals surface area contributed by atoms with Crippen LogP contribution in [-0.4, -0.2) is 65.9 Å². The van der Waals surface area contributed by atoms with Gasteiger partial charge >= 0.3 is 5.92 Å². The average Bonchev–Trinajstić information content (AvgIpc) is 3.18. The highest BCUT2D eigenvalue weighted by Crippen LogP contribution is 2.43. The van der Waals surface area contributed by atoms with E-state index in [0.29, 0.717) is 45.2 Å². The number of nitrogens with zero attached hydrogens (tertiary/aromatic N) is 2. The zero-order chi connectivity index (χ0) is 27.9. The monoisotopic (exact) mass is 547 g/mol. The number of carbonyl (C=O) groups excluding carboxylic acids is 3. The number of aryl methyl sites for hydroxylation is 1. The molecule has 0 aliphatic carbocycles. The number of hydrogen-bond donors (Lipinski definition) is 1. The van der Waals surface area contributed by atoms with Gasteiger partial charge in [0.15, 0.2) is 0 Å². The Hall–Kier alpha value is -3.47. The number of fused-ring (bicyclic) bond motifs is 2. The zero-order valence-corrected chi connectivity index (χ0v) is 21.4. The summed E-state index contributed by atoms with van der Waals surface area (Å²) in [5.41, 5.74) is -0.964. The van der Waals surface area contributed by atoms with Crippen LogP contribution in [0.5, 0.6) is 0 Å². The number of rotatable bonds is 5. The Bertz CT molecular complexity index is 1280. The highest BCUT2D eigenvalue weighted by atomic mass is 19.3. The van der Waals surface area contributed by atoms with Crippen LogP contribution in [0.1, 0.15) is 47.2 Å². The van der Waals surface area contributed by atoms with Crippen molar-refractivity contribution in [2.45, 2.75) is 50.6 Å². The quantitative estimate of drug-likeness (QED) is 0.568. The normalized spacial score (nSPS) is 23.1. The van der Waals surface area contributed by atoms with Gasteiger partial charge in [-0.1, -0.05) is 0 Å². The molecule has 3 atom stereocenters. The molecule has 7 nitrogen and oxygen atoms in total. The first-order valence-electron chi connectivity index (χ1n) is 13.0. The number of morpholine rings is 1. The van der Waals surface area contributed by atoms with Gasteiger partial charge in [0.1, 0.15) is 11.6 Å². The molecule has 2 aromatic rings. The smallest absolute Gasteiger partial charge is 0.352 e. The van der Waals surface area contributed by atoms with Gasteiger partial charge in [0, 0.05) is 42.3 Å². The van der Waals surface area contributed by atoms with Crippen molar-refractivity contribution >= 4 is 23.4 Å². The summed E-state index contributed by atoms with van der Waals surface area (Å²) in [7, 11) is 0. The summed E-state index contributed by atoms with van der Waals surface area (Å²) in [4.78, 5) is 41.8. The summed E-state index contributed by atoms with van der Waals surface area (Å²) < 4.78 is 64.7. The first-order chi connectivity index (χ1) is 18.6. The molecule has 0 aromatic heterocycles. The zero-order valence-electron chi connectivity index (χ0n) is 21.4. The third-order valence-electron chi connectivity index (χ3n) is 7.89. The van der Waals surface area contributed by atoms with Crippen molar-refractivity contribution in [2.75, 3.05) is 31.6 Å². The highest BCUT2D eigenvalue weighted by molar-refractivity contribution is 6.04. The van der Waals surface area contributed by atoms with E-state index in [4.69, 9.17) is 4.74 Å². The predicted octanol–water partition coefficient (Wildman–Crippen LogP) is 4.25. The van der Waals surface area contributed by atoms with Gasteiger partial charge in [0.2, 0.25) is 5.91 Å². The fourth-order valence-corrected chi connectivity index (χ4v) is 5.86. The topological polar surface area (TPSA) is 79.0 Å². The van der Waals surface area contributed by atoms with E-state index in [0.717, 1.165) is 23.1 Å². The van der Waals surface area contributed by atoms with Crippen LogP contribution in [0.3, 0.4) is 0 Å². The van der Waals surface area contributed by atoms with E-state index in [1.54, 1.807) is 4.90 Å². The maximum absolute atomic E-state index is 15.6. The minimum absolute atomic E-state index is 0.0461. The summed E-state index contributed by atoms with van der Waals surface area (Å²) in [5, 5.41) is 2.47. The van der Waals surface area contributed by atoms with Crippen LogP contribution in [0.4, 0.5) is 23.2 Å². The van der Waals surface area contributed by atoms with Crippen LogP contribution in [0.2, 0.25) is 0 Å². The molecule has 3 aliphatic rings. The fraction of sp³-hybridized carbons (Fsp3) is 0.464. The van der Waals surface area contributed by atoms with Gasteiger partial charge in [-0.25, -0.2) is 8.78 Å². The average molecular weight is 548 g/mol. The summed E-state index contributed by atoms with van der Waals surface area (Å²) >= 11 is 0. The molecular weight excluding hydrogens is 518 g/mol. The van der Waals surface area contributed by atoms with Gasteiger partial charge in [0.25, 0.3) is 11.8 Å². The van der Waals surface area contributed by atoms with E-state index in [1.807, 2.05) is 0 Å². The van der Waals surface area contributed by atoms with E-state index in [1.165, 1.54) is 19.1 Å². The number of carbonyl (C=O) groups is 3. The van der Waals surface area contributed by atoms with E-state index in [9.17, 15) is 23.2 Å². The molecule has 2 bridgehead atoms. The molecule has 0 spiro atoms. The Morgan fingerprint density at radius 1 is 0.949 bits per heavy atom. The van der Waals surface area contributed by atoms with E-state index in [-0.39, 0.29) is 41.5 Å². The molecular formula is C28H29F4N3O4. The minimum Gasteiger partial charge on any atom is -0.378 e. The van der Waals surface area contributed by atoms with Gasteiger partial charge in [-0.05, 0) is 74.6 Å². The molecule has 3 heterocycles. The van der Waals surface area contributed by atoms with Crippen LogP contribution in [0.25, 0.3) is 0 Å². The Balaban J connectivity index is 1.32. The molecule has 3 aliphatic heterocycles. The SMILES string of the molecule is Cc1cc(NC(=O)c2ccc(F)c(C(F)(F)C(=O)N3[C@@H]4CC[C@H]3C[C@H](C(=O)N3CCOCC3)C4)c2)ccc1F. The van der Waals surface area contributed by atoms with E-state index >= 15 is 8.78 Å². The highest BCUT2D eigenvalue weighted by Gasteiger charge is 2.54. The van der Waals surface area contributed by atoms with Crippen molar-refractivity contribution in [3.05, 3.63) is 64.7 Å². The van der Waals surface area contributed by atoms with Crippen LogP contribution in [0.15, 0.2) is 36.4 Å². The minimum atomic E-state index is -4.23. The third-order valence-corrected chi connectivity index (χ3v) is 7.89. The summed E-state index contributed by atoms with van der Waals surface area (Å²) in [5.74, 6) is -8.77. The number of anilines is 1. The second-order valence-corrected chi connectivity index (χ2v) is 10.4. The molecule has 0 radical (unpaired) electrons. The maximum Gasteiger partial charge on any atom is 0.352 e. The van der Waals surface area contributed by atoms with E-state index in [2.05, 4.69) is 5.32 Å². The van der Waals surface area contributed by atoms with Gasteiger partial charge < -0.3 is 19.9 Å². The van der Waals surface area contributed by atoms with Crippen molar-refractivity contribution in [2.24, 2.45) is 5.92 Å². The molecule has 3 saturated heterocycles. The Kier molecular flexibility index (Phi) is 7.37. The number of piperidine rings is 1. The first-order valence-corrected chi connectivity index (χ1v) is 13.0. The number of halogens is 4. The Labute approximate surface area is 223 Å². The van der Waals surface area contributed by atoms with Crippen LogP contribution >= 0.6 is 0 Å². The number of hydrogen-bond acceptors (Lipinski definition) is 4. The molecule has 3 amide bonds. The molecule has 0 unspecified atom stereocenters. The number of nitrogens with one attached hydrogen (secondary N) is 1. The fourth-order valence-electron chi connectivity index (χ4n) is 5.86. The number of amides is 3. The number of ether oxygens (including phenoxy) is 1. The Morgan fingerprint density at radius 2 is 1.59 bits per heavy atom. The molecule has 5 rings (SSSR count). The standard InChI is InChI=1S/C28H29F4N3O4/c1-16-12-19(3-7-23(16)29)33-25(36)17-2-6-24(30)22(15-17)28(31,32)27(38)35-20-4-5-21(35)14-18(13-20)26(37)34-8-10-39-11-9-34/h2-3,6-7,12,15,18,20-21H,4-5,8-11,13-14H2,1H3,(H,33,36)/t18-,20-,21+. The van der Waals surface area contributed by atoms with Crippen molar-refractivity contribution in [1.82, 2.24) is 9.80 Å². The van der Waals surface area contributed by atoms with Crippen LogP contribution < -0.4 is 5.32 Å². The second kappa shape index (κ2) is 10.6. The van der Waals surface area contributed by atoms with Gasteiger partial charge in [0.05, 0.1) is 18.8 Å². The molecule has 208 valence electrons. The van der Waals surface area contributed by atoms with Gasteiger partial charge in [-0.15, -0.1) is 0 Å². The van der Waals surface area contributed by atoms with Crippen molar-refractivity contribution in [3.63, 3.8) is 0 Å². The lowest BCUT2D eigenvalue weighted by Crippen LogP contribution is -2.54. The largest absolute Gasteiger partial charge is 0.378 e. The van der Waals surface area contributed by atoms with Gasteiger partial charge in [-0.2, -0.15) is 8.78 Å². The number of alkyl halides is 2. The third kappa shape index (κ3) is 5.24. The summed E-state index contributed by atoms with van der Waals surface area (Å²) in [6, 6.07) is 5.18. The van der Waals surface area contributed by atoms with Crippen molar-refractivity contribution in [3.8, 4) is 0 Å². The molecule has 0 saturated carbocycles. The molecule has 11 heteroatoms. The van der Waals surface area contributed by atoms with Crippen LogP contribution in [0, 0.1) is 24.5 Å². The van der Waals surface area contributed by atoms with Crippen molar-refractivity contribution in [1.29, 1.82) is 0 Å². The molecule has 1 N–H and O–H groups in total. The number of benzene rings is 2. The molecule has 3 fully saturated rings. The maximum atomic E-state index is 15.6. The lowest BCUT2D eigenvalue weighted by Gasteiger charge is -2.41. The van der Waals surface area contributed by atoms with E-state index < -0.39 is 47.0 Å². The second-order valence-electron chi connectivity index (χ2n) is 10.4.